The van der Waals surface area contributed by atoms with Crippen molar-refractivity contribution in [2.45, 2.75) is 27.5 Å². The SMILES string of the molecule is COC(=O)c1sc(NC(=O)c2ccn(COc3cc(C)ccc3C)n2)c(C(=O)OC)c1C. The molecule has 0 saturated carbocycles. The summed E-state index contributed by atoms with van der Waals surface area (Å²) in [6.45, 7) is 5.63. The lowest BCUT2D eigenvalue weighted by Gasteiger charge is -2.09. The molecule has 0 radical (unpaired) electrons. The normalized spacial score (nSPS) is 10.5. The third kappa shape index (κ3) is 4.80. The minimum absolute atomic E-state index is 0.101. The molecule has 1 N–H and O–H groups in total. The Bertz CT molecular complexity index is 1180. The molecule has 1 amide bonds. The maximum atomic E-state index is 12.7. The van der Waals surface area contributed by atoms with E-state index < -0.39 is 17.8 Å². The van der Waals surface area contributed by atoms with E-state index in [9.17, 15) is 14.4 Å². The molecule has 32 heavy (non-hydrogen) atoms. The van der Waals surface area contributed by atoms with Gasteiger partial charge in [0.15, 0.2) is 12.4 Å². The third-order valence-corrected chi connectivity index (χ3v) is 5.89. The second kappa shape index (κ2) is 9.65. The summed E-state index contributed by atoms with van der Waals surface area (Å²) in [7, 11) is 2.46. The van der Waals surface area contributed by atoms with Crippen molar-refractivity contribution in [1.29, 1.82) is 0 Å². The van der Waals surface area contributed by atoms with E-state index in [1.54, 1.807) is 13.1 Å². The van der Waals surface area contributed by atoms with Crippen LogP contribution < -0.4 is 10.1 Å². The van der Waals surface area contributed by atoms with Crippen molar-refractivity contribution in [3.05, 3.63) is 63.3 Å². The van der Waals surface area contributed by atoms with Crippen LogP contribution in [-0.4, -0.2) is 41.8 Å². The molecule has 0 aliphatic carbocycles. The van der Waals surface area contributed by atoms with Crippen LogP contribution in [0, 0.1) is 20.8 Å². The molecule has 0 saturated heterocycles. The molecule has 1 aromatic carbocycles. The van der Waals surface area contributed by atoms with E-state index in [4.69, 9.17) is 14.2 Å². The van der Waals surface area contributed by atoms with E-state index >= 15 is 0 Å². The summed E-state index contributed by atoms with van der Waals surface area (Å²) in [6.07, 6.45) is 1.61. The Morgan fingerprint density at radius 3 is 2.47 bits per heavy atom. The highest BCUT2D eigenvalue weighted by atomic mass is 32.1. The van der Waals surface area contributed by atoms with Crippen LogP contribution in [0.4, 0.5) is 5.00 Å². The molecule has 2 aromatic heterocycles. The second-order valence-electron chi connectivity index (χ2n) is 6.98. The number of carbonyl (C=O) groups excluding carboxylic acids is 3. The van der Waals surface area contributed by atoms with Crippen LogP contribution in [0.25, 0.3) is 0 Å². The van der Waals surface area contributed by atoms with Gasteiger partial charge in [0.05, 0.1) is 19.8 Å². The molecule has 0 fully saturated rings. The number of thiophene rings is 1. The standard InChI is InChI=1S/C22H23N3O6S/c1-12-6-7-13(2)16(10-12)31-11-25-9-8-15(24-25)19(26)23-20-17(21(27)29-4)14(3)18(32-20)22(28)30-5/h6-10H,11H2,1-5H3,(H,23,26). The van der Waals surface area contributed by atoms with Crippen molar-refractivity contribution in [1.82, 2.24) is 9.78 Å². The van der Waals surface area contributed by atoms with Gasteiger partial charge < -0.3 is 19.5 Å². The Labute approximate surface area is 188 Å². The molecule has 9 nitrogen and oxygen atoms in total. The lowest BCUT2D eigenvalue weighted by molar-refractivity contribution is 0.0601. The summed E-state index contributed by atoms with van der Waals surface area (Å²) in [5.41, 5.74) is 2.66. The Hall–Kier alpha value is -3.66. The van der Waals surface area contributed by atoms with Crippen LogP contribution in [0.1, 0.15) is 47.2 Å². The van der Waals surface area contributed by atoms with Gasteiger partial charge >= 0.3 is 11.9 Å². The first-order valence-corrected chi connectivity index (χ1v) is 10.4. The number of aromatic nitrogens is 2. The van der Waals surface area contributed by atoms with E-state index in [2.05, 4.69) is 10.4 Å². The van der Waals surface area contributed by atoms with Crippen LogP contribution in [-0.2, 0) is 16.2 Å². The number of hydrogen-bond acceptors (Lipinski definition) is 8. The van der Waals surface area contributed by atoms with Gasteiger partial charge in [-0.2, -0.15) is 5.10 Å². The van der Waals surface area contributed by atoms with E-state index in [1.807, 2.05) is 32.0 Å². The van der Waals surface area contributed by atoms with Gasteiger partial charge in [0.1, 0.15) is 15.6 Å². The predicted octanol–water partition coefficient (Wildman–Crippen LogP) is 3.73. The maximum Gasteiger partial charge on any atom is 0.348 e. The molecular weight excluding hydrogens is 434 g/mol. The summed E-state index contributed by atoms with van der Waals surface area (Å²) in [4.78, 5) is 37.2. The molecule has 0 atom stereocenters. The number of ether oxygens (including phenoxy) is 3. The number of nitrogens with one attached hydrogen (secondary N) is 1. The molecule has 0 spiro atoms. The lowest BCUT2D eigenvalue weighted by Crippen LogP contribution is -2.16. The van der Waals surface area contributed by atoms with Crippen molar-refractivity contribution >= 4 is 34.2 Å². The van der Waals surface area contributed by atoms with E-state index in [0.29, 0.717) is 5.56 Å². The van der Waals surface area contributed by atoms with Crippen molar-refractivity contribution in [3.63, 3.8) is 0 Å². The monoisotopic (exact) mass is 457 g/mol. The van der Waals surface area contributed by atoms with Crippen molar-refractivity contribution in [2.24, 2.45) is 0 Å². The fraction of sp³-hybridized carbons (Fsp3) is 0.273. The van der Waals surface area contributed by atoms with Crippen molar-refractivity contribution in [2.75, 3.05) is 19.5 Å². The number of benzene rings is 1. The first-order chi connectivity index (χ1) is 15.2. The predicted molar refractivity (Wildman–Crippen MR) is 118 cm³/mol. The van der Waals surface area contributed by atoms with Gasteiger partial charge in [0.2, 0.25) is 0 Å². The van der Waals surface area contributed by atoms with Crippen LogP contribution in [0.3, 0.4) is 0 Å². The van der Waals surface area contributed by atoms with Crippen LogP contribution in [0.15, 0.2) is 30.5 Å². The van der Waals surface area contributed by atoms with E-state index in [0.717, 1.165) is 28.2 Å². The lowest BCUT2D eigenvalue weighted by atomic mass is 10.1. The minimum atomic E-state index is -0.670. The summed E-state index contributed by atoms with van der Waals surface area (Å²) in [5, 5.41) is 7.05. The van der Waals surface area contributed by atoms with Gasteiger partial charge in [-0.3, -0.25) is 4.79 Å². The van der Waals surface area contributed by atoms with Crippen LogP contribution in [0.5, 0.6) is 5.75 Å². The number of rotatable bonds is 7. The third-order valence-electron chi connectivity index (χ3n) is 4.70. The van der Waals surface area contributed by atoms with Gasteiger partial charge in [0.25, 0.3) is 5.91 Å². The number of anilines is 1. The highest BCUT2D eigenvalue weighted by Crippen LogP contribution is 2.34. The topological polar surface area (TPSA) is 109 Å². The van der Waals surface area contributed by atoms with Gasteiger partial charge in [-0.15, -0.1) is 11.3 Å². The van der Waals surface area contributed by atoms with Crippen molar-refractivity contribution in [3.8, 4) is 5.75 Å². The molecular formula is C22H23N3O6S. The molecule has 2 heterocycles. The zero-order valence-corrected chi connectivity index (χ0v) is 19.2. The maximum absolute atomic E-state index is 12.7. The summed E-state index contributed by atoms with van der Waals surface area (Å²) < 4.78 is 16.8. The molecule has 3 rings (SSSR count). The Morgan fingerprint density at radius 2 is 1.78 bits per heavy atom. The van der Waals surface area contributed by atoms with Gasteiger partial charge in [-0.25, -0.2) is 14.3 Å². The largest absolute Gasteiger partial charge is 0.471 e. The summed E-state index contributed by atoms with van der Waals surface area (Å²) in [6, 6.07) is 7.43. The zero-order chi connectivity index (χ0) is 23.4. The number of methoxy groups -OCH3 is 2. The Kier molecular flexibility index (Phi) is 6.94. The van der Waals surface area contributed by atoms with Crippen molar-refractivity contribution < 1.29 is 28.6 Å². The van der Waals surface area contributed by atoms with Crippen LogP contribution in [0.2, 0.25) is 0 Å². The summed E-state index contributed by atoms with van der Waals surface area (Å²) >= 11 is 0.936. The minimum Gasteiger partial charge on any atom is -0.471 e. The number of aryl methyl sites for hydroxylation is 2. The molecule has 10 heteroatoms. The number of nitrogens with zero attached hydrogens (tertiary/aromatic N) is 2. The first kappa shape index (κ1) is 23.0. The number of amides is 1. The quantitative estimate of drug-likeness (QED) is 0.539. The Balaban J connectivity index is 1.77. The number of esters is 2. The van der Waals surface area contributed by atoms with Gasteiger partial charge in [-0.05, 0) is 49.6 Å². The average Bonchev–Trinajstić information content (AvgIpc) is 3.38. The van der Waals surface area contributed by atoms with E-state index in [1.165, 1.54) is 25.0 Å². The smallest absolute Gasteiger partial charge is 0.348 e. The second-order valence-corrected chi connectivity index (χ2v) is 8.00. The van der Waals surface area contributed by atoms with Gasteiger partial charge in [0, 0.05) is 6.20 Å². The fourth-order valence-electron chi connectivity index (χ4n) is 2.96. The summed E-state index contributed by atoms with van der Waals surface area (Å²) in [5.74, 6) is -1.08. The fourth-order valence-corrected chi connectivity index (χ4v) is 4.07. The van der Waals surface area contributed by atoms with Crippen LogP contribution >= 0.6 is 11.3 Å². The molecule has 0 bridgehead atoms. The first-order valence-electron chi connectivity index (χ1n) is 9.60. The molecule has 168 valence electrons. The number of hydrogen-bond donors (Lipinski definition) is 1. The number of carbonyl (C=O) groups is 3. The molecule has 0 unspecified atom stereocenters. The van der Waals surface area contributed by atoms with Gasteiger partial charge in [-0.1, -0.05) is 12.1 Å². The highest BCUT2D eigenvalue weighted by molar-refractivity contribution is 7.18. The van der Waals surface area contributed by atoms with E-state index in [-0.39, 0.29) is 27.9 Å². The molecule has 0 aliphatic rings. The molecule has 3 aromatic rings. The molecule has 0 aliphatic heterocycles. The highest BCUT2D eigenvalue weighted by Gasteiger charge is 2.27. The Morgan fingerprint density at radius 1 is 1.06 bits per heavy atom. The zero-order valence-electron chi connectivity index (χ0n) is 18.3. The average molecular weight is 458 g/mol.